The Labute approximate surface area is 106 Å². The summed E-state index contributed by atoms with van der Waals surface area (Å²) in [4.78, 5) is 17.8. The molecule has 0 bridgehead atoms. The fraction of sp³-hybridized carbons (Fsp3) is 0.429. The Bertz CT molecular complexity index is 516. The lowest BCUT2D eigenvalue weighted by atomic mass is 10.00. The second kappa shape index (κ2) is 4.90. The summed E-state index contributed by atoms with van der Waals surface area (Å²) in [5.74, 6) is 0.204. The van der Waals surface area contributed by atoms with Crippen LogP contribution in [0.1, 0.15) is 18.5 Å². The van der Waals surface area contributed by atoms with Crippen molar-refractivity contribution < 1.29 is 4.79 Å². The molecule has 18 heavy (non-hydrogen) atoms. The van der Waals surface area contributed by atoms with Crippen LogP contribution in [0, 0.1) is 5.92 Å². The zero-order chi connectivity index (χ0) is 12.4. The lowest BCUT2D eigenvalue weighted by Gasteiger charge is -2.29. The van der Waals surface area contributed by atoms with E-state index in [1.165, 1.54) is 0 Å². The van der Waals surface area contributed by atoms with E-state index in [-0.39, 0.29) is 5.92 Å². The average Bonchev–Trinajstić information content (AvgIpc) is 2.81. The third kappa shape index (κ3) is 2.29. The number of rotatable bonds is 3. The predicted molar refractivity (Wildman–Crippen MR) is 69.3 cm³/mol. The summed E-state index contributed by atoms with van der Waals surface area (Å²) in [6.45, 7) is 2.78. The summed E-state index contributed by atoms with van der Waals surface area (Å²) < 4.78 is 2.04. The molecule has 3 heterocycles. The van der Waals surface area contributed by atoms with Crippen molar-refractivity contribution >= 4 is 11.9 Å². The second-order valence-corrected chi connectivity index (χ2v) is 4.97. The van der Waals surface area contributed by atoms with Crippen LogP contribution in [-0.4, -0.2) is 33.7 Å². The Kier molecular flexibility index (Phi) is 3.11. The lowest BCUT2D eigenvalue weighted by molar-refractivity contribution is -0.112. The summed E-state index contributed by atoms with van der Waals surface area (Å²) in [6.07, 6.45) is 7.31. The van der Waals surface area contributed by atoms with Crippen LogP contribution in [0.5, 0.6) is 0 Å². The van der Waals surface area contributed by atoms with Gasteiger partial charge in [-0.15, -0.1) is 0 Å². The Morgan fingerprint density at radius 3 is 3.22 bits per heavy atom. The molecule has 0 saturated carbocycles. The first-order valence-corrected chi connectivity index (χ1v) is 6.45. The summed E-state index contributed by atoms with van der Waals surface area (Å²) in [7, 11) is 0. The van der Waals surface area contributed by atoms with E-state index in [0.717, 1.165) is 50.1 Å². The van der Waals surface area contributed by atoms with Crippen molar-refractivity contribution in [1.82, 2.24) is 14.3 Å². The van der Waals surface area contributed by atoms with E-state index in [0.29, 0.717) is 0 Å². The molecular weight excluding hydrogens is 226 g/mol. The molecule has 0 aliphatic carbocycles. The highest BCUT2D eigenvalue weighted by molar-refractivity contribution is 5.53. The number of hydrogen-bond acceptors (Lipinski definition) is 3. The van der Waals surface area contributed by atoms with Crippen molar-refractivity contribution in [3.63, 3.8) is 0 Å². The molecule has 4 heteroatoms. The highest BCUT2D eigenvalue weighted by atomic mass is 16.1. The fourth-order valence-electron chi connectivity index (χ4n) is 2.64. The van der Waals surface area contributed by atoms with Gasteiger partial charge >= 0.3 is 0 Å². The van der Waals surface area contributed by atoms with E-state index in [4.69, 9.17) is 0 Å². The van der Waals surface area contributed by atoms with Crippen LogP contribution in [0.3, 0.4) is 0 Å². The maximum atomic E-state index is 10.9. The minimum atomic E-state index is 0.204. The van der Waals surface area contributed by atoms with Crippen LogP contribution in [0.25, 0.3) is 5.65 Å². The summed E-state index contributed by atoms with van der Waals surface area (Å²) >= 11 is 0. The van der Waals surface area contributed by atoms with Gasteiger partial charge in [0.1, 0.15) is 11.9 Å². The van der Waals surface area contributed by atoms with Crippen LogP contribution in [0.15, 0.2) is 30.6 Å². The van der Waals surface area contributed by atoms with Crippen LogP contribution in [0.4, 0.5) is 0 Å². The molecule has 0 aromatic carbocycles. The Morgan fingerprint density at radius 2 is 2.39 bits per heavy atom. The van der Waals surface area contributed by atoms with Gasteiger partial charge in [0.2, 0.25) is 0 Å². The molecule has 94 valence electrons. The normalized spacial score (nSPS) is 21.2. The standard InChI is InChI=1S/C14H17N3O/c18-11-12-4-3-6-16(8-12)9-13-10-17-7-2-1-5-14(17)15-13/h1-2,5,7,10-12H,3-4,6,8-9H2. The van der Waals surface area contributed by atoms with E-state index in [9.17, 15) is 4.79 Å². The molecule has 1 aliphatic rings. The molecule has 2 aromatic rings. The molecule has 0 spiro atoms. The number of hydrogen-bond donors (Lipinski definition) is 0. The number of pyridine rings is 1. The number of imidazole rings is 1. The highest BCUT2D eigenvalue weighted by Crippen LogP contribution is 2.17. The fourth-order valence-corrected chi connectivity index (χ4v) is 2.64. The van der Waals surface area contributed by atoms with Gasteiger partial charge in [-0.3, -0.25) is 4.90 Å². The first-order chi connectivity index (χ1) is 8.85. The Morgan fingerprint density at radius 1 is 1.44 bits per heavy atom. The van der Waals surface area contributed by atoms with Gasteiger partial charge in [-0.25, -0.2) is 4.98 Å². The van der Waals surface area contributed by atoms with Crippen molar-refractivity contribution in [2.24, 2.45) is 5.92 Å². The van der Waals surface area contributed by atoms with Gasteiger partial charge in [-0.2, -0.15) is 0 Å². The topological polar surface area (TPSA) is 37.6 Å². The number of likely N-dealkylation sites (tertiary alicyclic amines) is 1. The minimum Gasteiger partial charge on any atom is -0.307 e. The Balaban J connectivity index is 1.73. The first kappa shape index (κ1) is 11.4. The van der Waals surface area contributed by atoms with E-state index in [2.05, 4.69) is 16.1 Å². The zero-order valence-corrected chi connectivity index (χ0v) is 10.3. The van der Waals surface area contributed by atoms with Gasteiger partial charge in [0.15, 0.2) is 0 Å². The van der Waals surface area contributed by atoms with E-state index in [1.807, 2.05) is 28.8 Å². The van der Waals surface area contributed by atoms with Crippen molar-refractivity contribution in [2.75, 3.05) is 13.1 Å². The SMILES string of the molecule is O=CC1CCCN(Cc2cn3ccccc3n2)C1. The molecule has 0 amide bonds. The number of fused-ring (bicyclic) bond motifs is 1. The van der Waals surface area contributed by atoms with Crippen molar-refractivity contribution in [1.29, 1.82) is 0 Å². The third-order valence-corrected chi connectivity index (χ3v) is 3.53. The van der Waals surface area contributed by atoms with Crippen molar-refractivity contribution in [3.05, 3.63) is 36.3 Å². The number of aromatic nitrogens is 2. The number of carbonyl (C=O) groups is 1. The lowest BCUT2D eigenvalue weighted by Crippen LogP contribution is -2.35. The molecule has 1 saturated heterocycles. The maximum Gasteiger partial charge on any atom is 0.137 e. The number of aldehydes is 1. The van der Waals surface area contributed by atoms with Gasteiger partial charge in [0.25, 0.3) is 0 Å². The van der Waals surface area contributed by atoms with Crippen molar-refractivity contribution in [3.8, 4) is 0 Å². The van der Waals surface area contributed by atoms with Gasteiger partial charge in [-0.1, -0.05) is 6.07 Å². The van der Waals surface area contributed by atoms with E-state index in [1.54, 1.807) is 0 Å². The zero-order valence-electron chi connectivity index (χ0n) is 10.3. The van der Waals surface area contributed by atoms with Gasteiger partial charge in [0.05, 0.1) is 5.69 Å². The van der Waals surface area contributed by atoms with Gasteiger partial charge in [-0.05, 0) is 31.5 Å². The molecule has 1 atom stereocenters. The summed E-state index contributed by atoms with van der Waals surface area (Å²) in [5, 5.41) is 0. The number of nitrogens with zero attached hydrogens (tertiary/aromatic N) is 3. The minimum absolute atomic E-state index is 0.204. The molecular formula is C14H17N3O. The molecule has 4 nitrogen and oxygen atoms in total. The van der Waals surface area contributed by atoms with Crippen LogP contribution in [0.2, 0.25) is 0 Å². The van der Waals surface area contributed by atoms with E-state index >= 15 is 0 Å². The largest absolute Gasteiger partial charge is 0.307 e. The number of piperidine rings is 1. The second-order valence-electron chi connectivity index (χ2n) is 4.97. The van der Waals surface area contributed by atoms with Crippen LogP contribution < -0.4 is 0 Å². The predicted octanol–water partition coefficient (Wildman–Crippen LogP) is 1.75. The van der Waals surface area contributed by atoms with E-state index < -0.39 is 0 Å². The monoisotopic (exact) mass is 243 g/mol. The first-order valence-electron chi connectivity index (χ1n) is 6.45. The molecule has 2 aromatic heterocycles. The quantitative estimate of drug-likeness (QED) is 0.771. The number of carbonyl (C=O) groups excluding carboxylic acids is 1. The third-order valence-electron chi connectivity index (χ3n) is 3.53. The maximum absolute atomic E-state index is 10.9. The van der Waals surface area contributed by atoms with Crippen molar-refractivity contribution in [2.45, 2.75) is 19.4 Å². The molecule has 3 rings (SSSR count). The van der Waals surface area contributed by atoms with Gasteiger partial charge in [0, 0.05) is 31.4 Å². The van der Waals surface area contributed by atoms with Crippen LogP contribution >= 0.6 is 0 Å². The van der Waals surface area contributed by atoms with Crippen LogP contribution in [-0.2, 0) is 11.3 Å². The smallest absolute Gasteiger partial charge is 0.137 e. The molecule has 1 fully saturated rings. The average molecular weight is 243 g/mol. The summed E-state index contributed by atoms with van der Waals surface area (Å²) in [5.41, 5.74) is 2.06. The molecule has 0 radical (unpaired) electrons. The van der Waals surface area contributed by atoms with Gasteiger partial charge < -0.3 is 9.20 Å². The summed E-state index contributed by atoms with van der Waals surface area (Å²) in [6, 6.07) is 6.01. The highest BCUT2D eigenvalue weighted by Gasteiger charge is 2.19. The Hall–Kier alpha value is -1.68. The molecule has 1 aliphatic heterocycles. The molecule has 0 N–H and O–H groups in total. The molecule has 1 unspecified atom stereocenters.